The standard InChI is InChI=1S/C15H20FNO3/c1-3-4-5-14(18)17-13(10-15(19)20-2)11-6-8-12(16)9-7-11/h6-9,13H,3-5,10H2,1-2H3,(H,17,18). The third kappa shape index (κ3) is 5.38. The number of methoxy groups -OCH3 is 1. The molecule has 0 aliphatic heterocycles. The summed E-state index contributed by atoms with van der Waals surface area (Å²) in [6.07, 6.45) is 2.15. The molecular formula is C15H20FNO3. The second-order valence-corrected chi connectivity index (χ2v) is 4.56. The Kier molecular flexibility index (Phi) is 6.70. The van der Waals surface area contributed by atoms with E-state index in [1.165, 1.54) is 19.2 Å². The molecular weight excluding hydrogens is 261 g/mol. The molecule has 110 valence electrons. The van der Waals surface area contributed by atoms with E-state index in [4.69, 9.17) is 0 Å². The molecule has 0 spiro atoms. The molecule has 0 saturated carbocycles. The number of rotatable bonds is 7. The number of carbonyl (C=O) groups excluding carboxylic acids is 2. The fourth-order valence-corrected chi connectivity index (χ4v) is 1.80. The van der Waals surface area contributed by atoms with Gasteiger partial charge in [0.25, 0.3) is 0 Å². The smallest absolute Gasteiger partial charge is 0.307 e. The first-order valence-electron chi connectivity index (χ1n) is 6.68. The Labute approximate surface area is 118 Å². The van der Waals surface area contributed by atoms with Crippen LogP contribution >= 0.6 is 0 Å². The van der Waals surface area contributed by atoms with E-state index in [-0.39, 0.29) is 18.1 Å². The Morgan fingerprint density at radius 3 is 2.50 bits per heavy atom. The van der Waals surface area contributed by atoms with E-state index in [0.29, 0.717) is 12.0 Å². The topological polar surface area (TPSA) is 55.4 Å². The van der Waals surface area contributed by atoms with E-state index in [1.807, 2.05) is 6.92 Å². The predicted octanol–water partition coefficient (Wildman–Crippen LogP) is 2.74. The Morgan fingerprint density at radius 1 is 1.30 bits per heavy atom. The SMILES string of the molecule is CCCCC(=O)NC(CC(=O)OC)c1ccc(F)cc1. The summed E-state index contributed by atoms with van der Waals surface area (Å²) in [5.74, 6) is -0.900. The Hall–Kier alpha value is -1.91. The minimum absolute atomic E-state index is 0.0278. The van der Waals surface area contributed by atoms with Crippen LogP contribution in [0, 0.1) is 5.82 Å². The van der Waals surface area contributed by atoms with Crippen LogP contribution in [0.3, 0.4) is 0 Å². The van der Waals surface area contributed by atoms with Gasteiger partial charge in [-0.05, 0) is 24.1 Å². The molecule has 0 aliphatic carbocycles. The summed E-state index contributed by atoms with van der Waals surface area (Å²) in [6, 6.07) is 5.23. The van der Waals surface area contributed by atoms with Crippen molar-refractivity contribution < 1.29 is 18.7 Å². The molecule has 0 saturated heterocycles. The molecule has 1 aromatic rings. The number of halogens is 1. The molecule has 0 heterocycles. The lowest BCUT2D eigenvalue weighted by molar-refractivity contribution is -0.141. The van der Waals surface area contributed by atoms with E-state index < -0.39 is 12.0 Å². The lowest BCUT2D eigenvalue weighted by Gasteiger charge is -2.18. The number of esters is 1. The van der Waals surface area contributed by atoms with Crippen molar-refractivity contribution in [1.29, 1.82) is 0 Å². The van der Waals surface area contributed by atoms with Crippen molar-refractivity contribution in [3.63, 3.8) is 0 Å². The molecule has 4 nitrogen and oxygen atoms in total. The van der Waals surface area contributed by atoms with Crippen molar-refractivity contribution in [3.8, 4) is 0 Å². The lowest BCUT2D eigenvalue weighted by Crippen LogP contribution is -2.30. The zero-order chi connectivity index (χ0) is 15.0. The maximum atomic E-state index is 12.9. The molecule has 1 aromatic carbocycles. The second kappa shape index (κ2) is 8.30. The zero-order valence-electron chi connectivity index (χ0n) is 11.8. The van der Waals surface area contributed by atoms with E-state index in [2.05, 4.69) is 10.1 Å². The van der Waals surface area contributed by atoms with Gasteiger partial charge in [-0.1, -0.05) is 25.5 Å². The van der Waals surface area contributed by atoms with Gasteiger partial charge in [0.05, 0.1) is 19.6 Å². The predicted molar refractivity (Wildman–Crippen MR) is 73.4 cm³/mol. The summed E-state index contributed by atoms with van der Waals surface area (Å²) in [5, 5.41) is 2.79. The van der Waals surface area contributed by atoms with Gasteiger partial charge in [0.2, 0.25) is 5.91 Å². The van der Waals surface area contributed by atoms with Gasteiger partial charge in [0, 0.05) is 6.42 Å². The van der Waals surface area contributed by atoms with Crippen LogP contribution in [0.4, 0.5) is 4.39 Å². The summed E-state index contributed by atoms with van der Waals surface area (Å²) < 4.78 is 17.6. The average molecular weight is 281 g/mol. The van der Waals surface area contributed by atoms with Gasteiger partial charge in [-0.15, -0.1) is 0 Å². The fourth-order valence-electron chi connectivity index (χ4n) is 1.80. The van der Waals surface area contributed by atoms with Gasteiger partial charge in [0.15, 0.2) is 0 Å². The fraction of sp³-hybridized carbons (Fsp3) is 0.467. The van der Waals surface area contributed by atoms with Gasteiger partial charge >= 0.3 is 5.97 Å². The van der Waals surface area contributed by atoms with Gasteiger partial charge in [-0.25, -0.2) is 4.39 Å². The maximum absolute atomic E-state index is 12.9. The number of nitrogens with one attached hydrogen (secondary N) is 1. The zero-order valence-corrected chi connectivity index (χ0v) is 11.8. The number of carbonyl (C=O) groups is 2. The van der Waals surface area contributed by atoms with E-state index in [0.717, 1.165) is 12.8 Å². The highest BCUT2D eigenvalue weighted by Gasteiger charge is 2.18. The highest BCUT2D eigenvalue weighted by atomic mass is 19.1. The summed E-state index contributed by atoms with van der Waals surface area (Å²) in [5.41, 5.74) is 0.682. The minimum atomic E-state index is -0.493. The van der Waals surface area contributed by atoms with Crippen LogP contribution in [0.25, 0.3) is 0 Å². The maximum Gasteiger partial charge on any atom is 0.307 e. The van der Waals surface area contributed by atoms with Crippen molar-refractivity contribution in [3.05, 3.63) is 35.6 Å². The molecule has 0 aromatic heterocycles. The van der Waals surface area contributed by atoms with Crippen LogP contribution in [0.15, 0.2) is 24.3 Å². The molecule has 0 bridgehead atoms. The number of unbranched alkanes of at least 4 members (excludes halogenated alkanes) is 1. The first kappa shape index (κ1) is 16.1. The molecule has 0 fully saturated rings. The van der Waals surface area contributed by atoms with Crippen LogP contribution in [0.1, 0.15) is 44.2 Å². The molecule has 20 heavy (non-hydrogen) atoms. The molecule has 5 heteroatoms. The average Bonchev–Trinajstić information content (AvgIpc) is 2.45. The third-order valence-electron chi connectivity index (χ3n) is 2.96. The third-order valence-corrected chi connectivity index (χ3v) is 2.96. The van der Waals surface area contributed by atoms with Gasteiger partial charge in [0.1, 0.15) is 5.82 Å². The summed E-state index contributed by atoms with van der Waals surface area (Å²) in [6.45, 7) is 2.00. The first-order valence-corrected chi connectivity index (χ1v) is 6.68. The Bertz CT molecular complexity index is 445. The van der Waals surface area contributed by atoms with E-state index >= 15 is 0 Å². The van der Waals surface area contributed by atoms with Crippen LogP contribution < -0.4 is 5.32 Å². The van der Waals surface area contributed by atoms with E-state index in [1.54, 1.807) is 12.1 Å². The highest BCUT2D eigenvalue weighted by Crippen LogP contribution is 2.18. The van der Waals surface area contributed by atoms with Crippen LogP contribution in [0.2, 0.25) is 0 Å². The molecule has 1 unspecified atom stereocenters. The van der Waals surface area contributed by atoms with Crippen molar-refractivity contribution >= 4 is 11.9 Å². The number of benzene rings is 1. The lowest BCUT2D eigenvalue weighted by atomic mass is 10.0. The van der Waals surface area contributed by atoms with Gasteiger partial charge < -0.3 is 10.1 Å². The van der Waals surface area contributed by atoms with Crippen LogP contribution in [-0.4, -0.2) is 19.0 Å². The van der Waals surface area contributed by atoms with Gasteiger partial charge in [-0.2, -0.15) is 0 Å². The van der Waals surface area contributed by atoms with Gasteiger partial charge in [-0.3, -0.25) is 9.59 Å². The quantitative estimate of drug-likeness (QED) is 0.782. The van der Waals surface area contributed by atoms with E-state index in [9.17, 15) is 14.0 Å². The van der Waals surface area contributed by atoms with Crippen molar-refractivity contribution in [2.75, 3.05) is 7.11 Å². The molecule has 0 aliphatic rings. The second-order valence-electron chi connectivity index (χ2n) is 4.56. The van der Waals surface area contributed by atoms with Crippen LogP contribution in [0.5, 0.6) is 0 Å². The number of amides is 1. The monoisotopic (exact) mass is 281 g/mol. The summed E-state index contributed by atoms with van der Waals surface area (Å²) in [7, 11) is 1.29. The Morgan fingerprint density at radius 2 is 1.95 bits per heavy atom. The Balaban J connectivity index is 2.76. The number of ether oxygens (including phenoxy) is 1. The molecule has 1 rings (SSSR count). The van der Waals surface area contributed by atoms with Crippen molar-refractivity contribution in [2.45, 2.75) is 38.6 Å². The molecule has 0 radical (unpaired) electrons. The minimum Gasteiger partial charge on any atom is -0.469 e. The highest BCUT2D eigenvalue weighted by molar-refractivity contribution is 5.78. The number of hydrogen-bond donors (Lipinski definition) is 1. The molecule has 1 atom stereocenters. The summed E-state index contributed by atoms with van der Waals surface area (Å²) >= 11 is 0. The molecule has 1 amide bonds. The van der Waals surface area contributed by atoms with Crippen LogP contribution in [-0.2, 0) is 14.3 Å². The normalized spacial score (nSPS) is 11.8. The first-order chi connectivity index (χ1) is 9.56. The molecule has 1 N–H and O–H groups in total. The largest absolute Gasteiger partial charge is 0.469 e. The number of hydrogen-bond acceptors (Lipinski definition) is 3. The van der Waals surface area contributed by atoms with Crippen molar-refractivity contribution in [2.24, 2.45) is 0 Å². The van der Waals surface area contributed by atoms with Crippen molar-refractivity contribution in [1.82, 2.24) is 5.32 Å². The summed E-state index contributed by atoms with van der Waals surface area (Å²) in [4.78, 5) is 23.2.